The van der Waals surface area contributed by atoms with Gasteiger partial charge < -0.3 is 20.7 Å². The number of nitrogen functional groups attached to an aromatic ring is 1. The number of aliphatic hydroxyl groups excluding tert-OH is 2. The fourth-order valence-corrected chi connectivity index (χ4v) is 1.97. The lowest BCUT2D eigenvalue weighted by Gasteiger charge is -2.24. The van der Waals surface area contributed by atoms with Crippen LogP contribution in [0.25, 0.3) is 0 Å². The zero-order chi connectivity index (χ0) is 13.5. The van der Waals surface area contributed by atoms with Gasteiger partial charge in [0.2, 0.25) is 0 Å². The summed E-state index contributed by atoms with van der Waals surface area (Å²) < 4.78 is 20.4. The van der Waals surface area contributed by atoms with Gasteiger partial charge in [-0.25, -0.2) is 9.18 Å². The van der Waals surface area contributed by atoms with Crippen LogP contribution in [0.2, 0.25) is 0 Å². The Morgan fingerprint density at radius 3 is 2.89 bits per heavy atom. The Kier molecular flexibility index (Phi) is 3.09. The van der Waals surface area contributed by atoms with Crippen LogP contribution >= 0.6 is 0 Å². The van der Waals surface area contributed by atoms with Crippen molar-refractivity contribution >= 4 is 5.82 Å². The molecule has 0 bridgehead atoms. The summed E-state index contributed by atoms with van der Waals surface area (Å²) in [4.78, 5) is 15.1. The van der Waals surface area contributed by atoms with Gasteiger partial charge >= 0.3 is 5.69 Å². The van der Waals surface area contributed by atoms with E-state index < -0.39 is 36.4 Å². The normalized spacial score (nSPS) is 35.9. The van der Waals surface area contributed by atoms with Crippen LogP contribution in [0.4, 0.5) is 10.2 Å². The summed E-state index contributed by atoms with van der Waals surface area (Å²) in [7, 11) is 0. The van der Waals surface area contributed by atoms with Crippen molar-refractivity contribution in [3.05, 3.63) is 22.7 Å². The predicted molar refractivity (Wildman–Crippen MR) is 59.4 cm³/mol. The highest BCUT2D eigenvalue weighted by Gasteiger charge is 2.55. The Morgan fingerprint density at radius 1 is 1.72 bits per heavy atom. The van der Waals surface area contributed by atoms with Crippen LogP contribution in [0.3, 0.4) is 0 Å². The summed E-state index contributed by atoms with van der Waals surface area (Å²) in [5.41, 5.74) is 2.33. The highest BCUT2D eigenvalue weighted by molar-refractivity contribution is 5.23. The molecule has 1 aromatic heterocycles. The number of alkyl halides is 1. The van der Waals surface area contributed by atoms with Gasteiger partial charge in [0.1, 0.15) is 18.0 Å². The van der Waals surface area contributed by atoms with Gasteiger partial charge in [-0.3, -0.25) is 4.57 Å². The molecule has 1 aliphatic rings. The summed E-state index contributed by atoms with van der Waals surface area (Å²) in [5, 5.41) is 18.6. The molecule has 0 radical (unpaired) electrons. The third-order valence-corrected chi connectivity index (χ3v) is 3.00. The summed E-state index contributed by atoms with van der Waals surface area (Å²) in [6.45, 7) is 0.551. The topological polar surface area (TPSA) is 111 Å². The molecule has 1 aromatic rings. The van der Waals surface area contributed by atoms with Crippen LogP contribution in [0.1, 0.15) is 13.2 Å². The average Bonchev–Trinajstić information content (AvgIpc) is 2.52. The van der Waals surface area contributed by atoms with E-state index in [-0.39, 0.29) is 5.82 Å². The molecule has 0 saturated carbocycles. The minimum Gasteiger partial charge on any atom is -0.394 e. The largest absolute Gasteiger partial charge is 0.394 e. The molecule has 100 valence electrons. The van der Waals surface area contributed by atoms with E-state index in [4.69, 9.17) is 15.6 Å². The number of hydrogen-bond donors (Lipinski definition) is 3. The summed E-state index contributed by atoms with van der Waals surface area (Å²) >= 11 is 0. The smallest absolute Gasteiger partial charge is 0.351 e. The number of aliphatic hydroxyl groups is 2. The molecule has 2 rings (SSSR count). The number of halogens is 1. The van der Waals surface area contributed by atoms with Crippen LogP contribution in [-0.2, 0) is 4.74 Å². The van der Waals surface area contributed by atoms with Crippen molar-refractivity contribution in [2.24, 2.45) is 0 Å². The number of nitrogens with two attached hydrogens (primary N) is 1. The van der Waals surface area contributed by atoms with Crippen molar-refractivity contribution in [1.82, 2.24) is 9.55 Å². The first kappa shape index (κ1) is 12.9. The second-order valence-electron chi connectivity index (χ2n) is 4.35. The monoisotopic (exact) mass is 259 g/mol. The van der Waals surface area contributed by atoms with E-state index in [9.17, 15) is 14.3 Å². The van der Waals surface area contributed by atoms with Gasteiger partial charge in [0, 0.05) is 6.20 Å². The molecular weight excluding hydrogens is 245 g/mol. The van der Waals surface area contributed by atoms with Crippen LogP contribution in [0, 0.1) is 0 Å². The summed E-state index contributed by atoms with van der Waals surface area (Å²) in [6, 6.07) is 1.32. The number of aromatic nitrogens is 2. The maximum absolute atomic E-state index is 14.4. The molecule has 0 aromatic carbocycles. The van der Waals surface area contributed by atoms with E-state index >= 15 is 0 Å². The molecule has 2 unspecified atom stereocenters. The lowest BCUT2D eigenvalue weighted by atomic mass is 9.98. The molecule has 1 aliphatic heterocycles. The van der Waals surface area contributed by atoms with Crippen LogP contribution in [0.15, 0.2) is 17.1 Å². The number of ether oxygens (including phenoxy) is 1. The molecule has 1 fully saturated rings. The molecule has 2 heterocycles. The second-order valence-corrected chi connectivity index (χ2v) is 4.35. The first-order chi connectivity index (χ1) is 8.37. The lowest BCUT2D eigenvalue weighted by molar-refractivity contribution is -0.0610. The molecule has 0 aliphatic carbocycles. The molecule has 1 saturated heterocycles. The minimum absolute atomic E-state index is 0.00839. The molecular formula is C10H14FN3O4. The van der Waals surface area contributed by atoms with Gasteiger partial charge in [0.15, 0.2) is 11.9 Å². The van der Waals surface area contributed by atoms with Crippen molar-refractivity contribution < 1.29 is 19.3 Å². The molecule has 8 heteroatoms. The number of hydrogen-bond acceptors (Lipinski definition) is 6. The molecule has 0 amide bonds. The van der Waals surface area contributed by atoms with Gasteiger partial charge in [-0.2, -0.15) is 4.98 Å². The minimum atomic E-state index is -2.21. The Balaban J connectivity index is 2.42. The molecule has 7 nitrogen and oxygen atoms in total. The van der Waals surface area contributed by atoms with Gasteiger partial charge in [-0.05, 0) is 13.0 Å². The van der Waals surface area contributed by atoms with Crippen molar-refractivity contribution in [3.63, 3.8) is 0 Å². The maximum Gasteiger partial charge on any atom is 0.351 e. The van der Waals surface area contributed by atoms with E-state index in [1.165, 1.54) is 12.3 Å². The van der Waals surface area contributed by atoms with Crippen LogP contribution in [-0.4, -0.2) is 44.2 Å². The zero-order valence-electron chi connectivity index (χ0n) is 9.65. The van der Waals surface area contributed by atoms with Crippen molar-refractivity contribution in [3.8, 4) is 0 Å². The summed E-state index contributed by atoms with van der Waals surface area (Å²) in [5.74, 6) is 0.00839. The highest BCUT2D eigenvalue weighted by atomic mass is 19.1. The average molecular weight is 259 g/mol. The maximum atomic E-state index is 14.4. The third-order valence-electron chi connectivity index (χ3n) is 3.00. The molecule has 18 heavy (non-hydrogen) atoms. The van der Waals surface area contributed by atoms with Gasteiger partial charge in [-0.1, -0.05) is 0 Å². The van der Waals surface area contributed by atoms with E-state index in [0.717, 1.165) is 11.5 Å². The standard InChI is InChI=1S/C10H14FN3O4/c1-10(11)7(16)5(4-15)18-8(10)14-3-2-6(12)13-9(14)17/h2-3,5,7-8,15-16H,4H2,1H3,(H2,12,13,17)/t5?,7-,8?,10-/m1/s1. The summed E-state index contributed by atoms with van der Waals surface area (Å²) in [6.07, 6.45) is -2.74. The Hall–Kier alpha value is -1.51. The number of nitrogens with zero attached hydrogens (tertiary/aromatic N) is 2. The molecule has 4 atom stereocenters. The Bertz CT molecular complexity index is 504. The van der Waals surface area contributed by atoms with E-state index in [0.29, 0.717) is 0 Å². The van der Waals surface area contributed by atoms with E-state index in [2.05, 4.69) is 4.98 Å². The predicted octanol–water partition coefficient (Wildman–Crippen LogP) is -1.20. The van der Waals surface area contributed by atoms with Gasteiger partial charge in [0.25, 0.3) is 0 Å². The van der Waals surface area contributed by atoms with E-state index in [1.54, 1.807) is 0 Å². The number of anilines is 1. The lowest BCUT2D eigenvalue weighted by Crippen LogP contribution is -2.42. The highest BCUT2D eigenvalue weighted by Crippen LogP contribution is 2.40. The third kappa shape index (κ3) is 1.88. The second kappa shape index (κ2) is 4.30. The Morgan fingerprint density at radius 2 is 2.39 bits per heavy atom. The van der Waals surface area contributed by atoms with Crippen molar-refractivity contribution in [2.75, 3.05) is 12.3 Å². The Labute approximate surface area is 102 Å². The fraction of sp³-hybridized carbons (Fsp3) is 0.600. The molecule has 0 spiro atoms. The first-order valence-corrected chi connectivity index (χ1v) is 5.36. The quantitative estimate of drug-likeness (QED) is 0.615. The first-order valence-electron chi connectivity index (χ1n) is 5.36. The zero-order valence-corrected chi connectivity index (χ0v) is 9.65. The van der Waals surface area contributed by atoms with E-state index in [1.807, 2.05) is 0 Å². The van der Waals surface area contributed by atoms with Gasteiger partial charge in [0.05, 0.1) is 6.61 Å². The van der Waals surface area contributed by atoms with Crippen LogP contribution < -0.4 is 11.4 Å². The fourth-order valence-electron chi connectivity index (χ4n) is 1.97. The van der Waals surface area contributed by atoms with Crippen molar-refractivity contribution in [1.29, 1.82) is 0 Å². The SMILES string of the molecule is C[C@]1(F)C(n2ccc(N)nc2=O)OC(CO)[C@H]1O. The number of rotatable bonds is 2. The van der Waals surface area contributed by atoms with Crippen LogP contribution in [0.5, 0.6) is 0 Å². The van der Waals surface area contributed by atoms with Gasteiger partial charge in [-0.15, -0.1) is 0 Å². The molecule has 4 N–H and O–H groups in total. The van der Waals surface area contributed by atoms with Crippen molar-refractivity contribution in [2.45, 2.75) is 31.0 Å².